The summed E-state index contributed by atoms with van der Waals surface area (Å²) in [7, 11) is 0. The molecule has 0 saturated carbocycles. The maximum Gasteiger partial charge on any atom is 0.160 e. The van der Waals surface area contributed by atoms with Gasteiger partial charge in [0.2, 0.25) is 0 Å². The number of hydrogen-bond donors (Lipinski definition) is 0. The van der Waals surface area contributed by atoms with Crippen LogP contribution in [-0.4, -0.2) is 32.2 Å². The SMILES string of the molecule is CCOC(CC)CC(OCC)OCC. The second kappa shape index (κ2) is 9.44. The molecular formula is C11H24O3. The van der Waals surface area contributed by atoms with Gasteiger partial charge in [-0.3, -0.25) is 0 Å². The summed E-state index contributed by atoms with van der Waals surface area (Å²) in [6.45, 7) is 10.2. The third-order valence-electron chi connectivity index (χ3n) is 2.02. The Morgan fingerprint density at radius 3 is 1.64 bits per heavy atom. The van der Waals surface area contributed by atoms with Crippen LogP contribution in [0.25, 0.3) is 0 Å². The van der Waals surface area contributed by atoms with Gasteiger partial charge >= 0.3 is 0 Å². The van der Waals surface area contributed by atoms with Crippen molar-refractivity contribution in [3.8, 4) is 0 Å². The molecule has 0 N–H and O–H groups in total. The monoisotopic (exact) mass is 204 g/mol. The van der Waals surface area contributed by atoms with Crippen molar-refractivity contribution in [2.24, 2.45) is 0 Å². The fraction of sp³-hybridized carbons (Fsp3) is 1.00. The molecule has 0 saturated heterocycles. The van der Waals surface area contributed by atoms with Crippen LogP contribution in [0.2, 0.25) is 0 Å². The zero-order valence-electron chi connectivity index (χ0n) is 9.91. The van der Waals surface area contributed by atoms with Crippen molar-refractivity contribution in [1.82, 2.24) is 0 Å². The zero-order valence-corrected chi connectivity index (χ0v) is 9.91. The number of ether oxygens (including phenoxy) is 3. The third kappa shape index (κ3) is 6.35. The molecule has 0 spiro atoms. The van der Waals surface area contributed by atoms with Crippen LogP contribution in [0.4, 0.5) is 0 Å². The van der Waals surface area contributed by atoms with E-state index in [1.807, 2.05) is 20.8 Å². The van der Waals surface area contributed by atoms with Gasteiger partial charge in [-0.2, -0.15) is 0 Å². The maximum absolute atomic E-state index is 5.55. The molecule has 0 aliphatic carbocycles. The van der Waals surface area contributed by atoms with E-state index in [1.54, 1.807) is 0 Å². The van der Waals surface area contributed by atoms with E-state index in [0.717, 1.165) is 19.4 Å². The first-order chi connectivity index (χ1) is 6.78. The summed E-state index contributed by atoms with van der Waals surface area (Å²) >= 11 is 0. The second-order valence-corrected chi connectivity index (χ2v) is 3.06. The minimum absolute atomic E-state index is 0.110. The Balaban J connectivity index is 3.83. The first-order valence-electron chi connectivity index (χ1n) is 5.63. The number of hydrogen-bond acceptors (Lipinski definition) is 3. The van der Waals surface area contributed by atoms with E-state index < -0.39 is 0 Å². The second-order valence-electron chi connectivity index (χ2n) is 3.06. The third-order valence-corrected chi connectivity index (χ3v) is 2.02. The Bertz CT molecular complexity index is 111. The van der Waals surface area contributed by atoms with Crippen LogP contribution >= 0.6 is 0 Å². The lowest BCUT2D eigenvalue weighted by Gasteiger charge is -2.22. The molecule has 0 aromatic carbocycles. The highest BCUT2D eigenvalue weighted by molar-refractivity contribution is 4.58. The quantitative estimate of drug-likeness (QED) is 0.540. The maximum atomic E-state index is 5.55. The van der Waals surface area contributed by atoms with Gasteiger partial charge in [0.25, 0.3) is 0 Å². The molecular weight excluding hydrogens is 180 g/mol. The molecule has 3 heteroatoms. The predicted octanol–water partition coefficient (Wildman–Crippen LogP) is 2.59. The molecule has 86 valence electrons. The molecule has 0 aliphatic heterocycles. The van der Waals surface area contributed by atoms with E-state index in [0.29, 0.717) is 13.2 Å². The van der Waals surface area contributed by atoms with E-state index in [1.165, 1.54) is 0 Å². The van der Waals surface area contributed by atoms with Crippen LogP contribution in [-0.2, 0) is 14.2 Å². The fourth-order valence-electron chi connectivity index (χ4n) is 1.36. The van der Waals surface area contributed by atoms with Gasteiger partial charge in [0, 0.05) is 26.2 Å². The summed E-state index contributed by atoms with van der Waals surface area (Å²) in [4.78, 5) is 0. The van der Waals surface area contributed by atoms with Crippen molar-refractivity contribution in [3.63, 3.8) is 0 Å². The van der Waals surface area contributed by atoms with E-state index >= 15 is 0 Å². The molecule has 0 aliphatic rings. The van der Waals surface area contributed by atoms with Crippen molar-refractivity contribution in [2.75, 3.05) is 19.8 Å². The Hall–Kier alpha value is -0.120. The topological polar surface area (TPSA) is 27.7 Å². The molecule has 0 amide bonds. The van der Waals surface area contributed by atoms with Crippen molar-refractivity contribution < 1.29 is 14.2 Å². The summed E-state index contributed by atoms with van der Waals surface area (Å²) in [5, 5.41) is 0. The number of rotatable bonds is 9. The highest BCUT2D eigenvalue weighted by Gasteiger charge is 2.15. The predicted molar refractivity (Wildman–Crippen MR) is 57.4 cm³/mol. The summed E-state index contributed by atoms with van der Waals surface area (Å²) < 4.78 is 16.5. The van der Waals surface area contributed by atoms with Gasteiger partial charge in [-0.15, -0.1) is 0 Å². The molecule has 1 unspecified atom stereocenters. The summed E-state index contributed by atoms with van der Waals surface area (Å²) in [5.41, 5.74) is 0. The fourth-order valence-corrected chi connectivity index (χ4v) is 1.36. The zero-order chi connectivity index (χ0) is 10.8. The minimum atomic E-state index is -0.110. The van der Waals surface area contributed by atoms with Crippen LogP contribution in [0, 0.1) is 0 Å². The largest absolute Gasteiger partial charge is 0.378 e. The molecule has 1 atom stereocenters. The molecule has 0 aromatic heterocycles. The van der Waals surface area contributed by atoms with Gasteiger partial charge in [0.1, 0.15) is 0 Å². The van der Waals surface area contributed by atoms with E-state index in [-0.39, 0.29) is 12.4 Å². The van der Waals surface area contributed by atoms with E-state index in [2.05, 4.69) is 6.92 Å². The van der Waals surface area contributed by atoms with Gasteiger partial charge in [0.15, 0.2) is 6.29 Å². The minimum Gasteiger partial charge on any atom is -0.378 e. The molecule has 0 heterocycles. The molecule has 0 radical (unpaired) electrons. The Labute approximate surface area is 87.7 Å². The first kappa shape index (κ1) is 13.9. The molecule has 3 nitrogen and oxygen atoms in total. The van der Waals surface area contributed by atoms with Crippen molar-refractivity contribution in [3.05, 3.63) is 0 Å². The molecule has 0 aromatic rings. The Kier molecular flexibility index (Phi) is 9.35. The average Bonchev–Trinajstić information content (AvgIpc) is 2.18. The lowest BCUT2D eigenvalue weighted by molar-refractivity contribution is -0.157. The van der Waals surface area contributed by atoms with Gasteiger partial charge in [-0.05, 0) is 27.2 Å². The Morgan fingerprint density at radius 1 is 0.786 bits per heavy atom. The molecule has 14 heavy (non-hydrogen) atoms. The van der Waals surface area contributed by atoms with Crippen molar-refractivity contribution >= 4 is 0 Å². The van der Waals surface area contributed by atoms with Crippen LogP contribution in [0.1, 0.15) is 40.5 Å². The first-order valence-corrected chi connectivity index (χ1v) is 5.63. The van der Waals surface area contributed by atoms with E-state index in [9.17, 15) is 0 Å². The lowest BCUT2D eigenvalue weighted by Crippen LogP contribution is -2.25. The van der Waals surface area contributed by atoms with Crippen molar-refractivity contribution in [1.29, 1.82) is 0 Å². The standard InChI is InChI=1S/C11H24O3/c1-5-10(12-6-2)9-11(13-7-3)14-8-4/h10-11H,5-9H2,1-4H3. The van der Waals surface area contributed by atoms with Crippen LogP contribution < -0.4 is 0 Å². The Morgan fingerprint density at radius 2 is 1.29 bits per heavy atom. The molecule has 0 bridgehead atoms. The smallest absolute Gasteiger partial charge is 0.160 e. The van der Waals surface area contributed by atoms with Gasteiger partial charge in [-0.1, -0.05) is 6.92 Å². The lowest BCUT2D eigenvalue weighted by atomic mass is 10.2. The highest BCUT2D eigenvalue weighted by atomic mass is 16.7. The molecule has 0 fully saturated rings. The van der Waals surface area contributed by atoms with Crippen LogP contribution in [0.15, 0.2) is 0 Å². The van der Waals surface area contributed by atoms with Gasteiger partial charge in [0.05, 0.1) is 6.10 Å². The van der Waals surface area contributed by atoms with E-state index in [4.69, 9.17) is 14.2 Å². The van der Waals surface area contributed by atoms with Crippen LogP contribution in [0.5, 0.6) is 0 Å². The average molecular weight is 204 g/mol. The molecule has 0 rings (SSSR count). The van der Waals surface area contributed by atoms with Gasteiger partial charge in [-0.25, -0.2) is 0 Å². The van der Waals surface area contributed by atoms with Crippen molar-refractivity contribution in [2.45, 2.75) is 52.9 Å². The summed E-state index contributed by atoms with van der Waals surface area (Å²) in [6.07, 6.45) is 1.97. The highest BCUT2D eigenvalue weighted by Crippen LogP contribution is 2.11. The summed E-state index contributed by atoms with van der Waals surface area (Å²) in [6, 6.07) is 0. The van der Waals surface area contributed by atoms with Crippen LogP contribution in [0.3, 0.4) is 0 Å². The normalized spacial score (nSPS) is 13.5. The van der Waals surface area contributed by atoms with Gasteiger partial charge < -0.3 is 14.2 Å². The summed E-state index contributed by atoms with van der Waals surface area (Å²) in [5.74, 6) is 0.